The van der Waals surface area contributed by atoms with Crippen LogP contribution >= 0.6 is 11.6 Å². The van der Waals surface area contributed by atoms with Crippen LogP contribution in [0.4, 0.5) is 0 Å². The summed E-state index contributed by atoms with van der Waals surface area (Å²) in [5.41, 5.74) is 1.08. The van der Waals surface area contributed by atoms with E-state index in [0.717, 1.165) is 18.7 Å². The normalized spacial score (nSPS) is 18.4. The van der Waals surface area contributed by atoms with Crippen LogP contribution in [0.15, 0.2) is 59.5 Å². The number of sulfonamides is 1. The lowest BCUT2D eigenvalue weighted by Crippen LogP contribution is -2.48. The van der Waals surface area contributed by atoms with Crippen LogP contribution in [-0.4, -0.2) is 45.7 Å². The fraction of sp³-hybridized carbons (Fsp3) is 0.368. The zero-order valence-electron chi connectivity index (χ0n) is 14.6. The maximum Gasteiger partial charge on any atom is 0.240 e. The zero-order valence-corrected chi connectivity index (χ0v) is 16.2. The molecule has 0 radical (unpaired) electrons. The van der Waals surface area contributed by atoms with Crippen LogP contribution in [0.2, 0.25) is 5.02 Å². The van der Waals surface area contributed by atoms with Crippen molar-refractivity contribution in [3.63, 3.8) is 0 Å². The van der Waals surface area contributed by atoms with Crippen LogP contribution in [0.1, 0.15) is 18.5 Å². The van der Waals surface area contributed by atoms with Gasteiger partial charge in [0, 0.05) is 24.2 Å². The number of nitrogens with zero attached hydrogens (tertiary/aromatic N) is 1. The Bertz CT molecular complexity index is 824. The maximum atomic E-state index is 12.8. The minimum absolute atomic E-state index is 0.0749. The predicted octanol–water partition coefficient (Wildman–Crippen LogP) is 3.08. The summed E-state index contributed by atoms with van der Waals surface area (Å²) in [7, 11) is -3.67. The van der Waals surface area contributed by atoms with E-state index in [2.05, 4.69) is 9.62 Å². The van der Waals surface area contributed by atoms with Gasteiger partial charge in [0.2, 0.25) is 10.0 Å². The highest BCUT2D eigenvalue weighted by Gasteiger charge is 2.30. The Balaban J connectivity index is 1.86. The van der Waals surface area contributed by atoms with E-state index in [1.54, 1.807) is 18.2 Å². The van der Waals surface area contributed by atoms with E-state index in [4.69, 9.17) is 16.3 Å². The molecule has 2 aromatic carbocycles. The summed E-state index contributed by atoms with van der Waals surface area (Å²) < 4.78 is 33.9. The van der Waals surface area contributed by atoms with Crippen molar-refractivity contribution in [1.82, 2.24) is 9.62 Å². The van der Waals surface area contributed by atoms with Gasteiger partial charge in [-0.1, -0.05) is 48.0 Å². The molecule has 5 nitrogen and oxygen atoms in total. The van der Waals surface area contributed by atoms with E-state index in [1.807, 2.05) is 37.3 Å². The van der Waals surface area contributed by atoms with Gasteiger partial charge < -0.3 is 4.74 Å². The summed E-state index contributed by atoms with van der Waals surface area (Å²) in [4.78, 5) is 2.44. The number of nitrogens with one attached hydrogen (secondary N) is 1. The number of hydrogen-bond acceptors (Lipinski definition) is 4. The van der Waals surface area contributed by atoms with Gasteiger partial charge in [-0.3, -0.25) is 4.90 Å². The summed E-state index contributed by atoms with van der Waals surface area (Å²) in [6.45, 7) is 4.73. The molecule has 0 amide bonds. The van der Waals surface area contributed by atoms with Crippen molar-refractivity contribution in [3.05, 3.63) is 65.2 Å². The van der Waals surface area contributed by atoms with Crippen molar-refractivity contribution in [2.75, 3.05) is 26.3 Å². The largest absolute Gasteiger partial charge is 0.379 e. The van der Waals surface area contributed by atoms with Crippen LogP contribution in [0, 0.1) is 0 Å². The van der Waals surface area contributed by atoms with Crippen LogP contribution < -0.4 is 4.72 Å². The molecule has 1 N–H and O–H groups in total. The highest BCUT2D eigenvalue weighted by Crippen LogP contribution is 2.27. The van der Waals surface area contributed by atoms with E-state index in [1.165, 1.54) is 6.07 Å². The molecular weight excluding hydrogens is 372 g/mol. The fourth-order valence-electron chi connectivity index (χ4n) is 3.33. The highest BCUT2D eigenvalue weighted by atomic mass is 35.5. The van der Waals surface area contributed by atoms with Crippen LogP contribution in [0.3, 0.4) is 0 Å². The Morgan fingerprint density at radius 3 is 2.42 bits per heavy atom. The van der Waals surface area contributed by atoms with Gasteiger partial charge in [0.05, 0.1) is 24.2 Å². The predicted molar refractivity (Wildman–Crippen MR) is 103 cm³/mol. The summed E-state index contributed by atoms with van der Waals surface area (Å²) in [5, 5.41) is 0.397. The molecule has 26 heavy (non-hydrogen) atoms. The maximum absolute atomic E-state index is 12.8. The lowest BCUT2D eigenvalue weighted by atomic mass is 9.99. The smallest absolute Gasteiger partial charge is 0.240 e. The first-order chi connectivity index (χ1) is 12.5. The molecule has 3 rings (SSSR count). The molecule has 1 saturated heterocycles. The molecule has 0 bridgehead atoms. The monoisotopic (exact) mass is 394 g/mol. The van der Waals surface area contributed by atoms with Crippen molar-refractivity contribution < 1.29 is 13.2 Å². The van der Waals surface area contributed by atoms with E-state index in [-0.39, 0.29) is 17.0 Å². The second kappa shape index (κ2) is 8.50. The molecule has 1 heterocycles. The second-order valence-corrected chi connectivity index (χ2v) is 8.52. The SMILES string of the molecule is C[C@H](NS(=O)(=O)c1cccc(Cl)c1)[C@@H](c1ccccc1)N1CCOCC1. The molecule has 0 saturated carbocycles. The number of halogens is 1. The van der Waals surface area contributed by atoms with Gasteiger partial charge >= 0.3 is 0 Å². The number of morpholine rings is 1. The van der Waals surface area contributed by atoms with Crippen molar-refractivity contribution in [3.8, 4) is 0 Å². The topological polar surface area (TPSA) is 58.6 Å². The summed E-state index contributed by atoms with van der Waals surface area (Å²) in [6, 6.07) is 15.9. The number of ether oxygens (including phenoxy) is 1. The Morgan fingerprint density at radius 1 is 1.08 bits per heavy atom. The molecule has 1 aliphatic heterocycles. The quantitative estimate of drug-likeness (QED) is 0.818. The molecular formula is C19H23ClN2O3S. The van der Waals surface area contributed by atoms with Gasteiger partial charge in [-0.15, -0.1) is 0 Å². The van der Waals surface area contributed by atoms with Crippen LogP contribution in [0.25, 0.3) is 0 Å². The van der Waals surface area contributed by atoms with E-state index in [9.17, 15) is 8.42 Å². The first-order valence-corrected chi connectivity index (χ1v) is 10.5. The minimum atomic E-state index is -3.67. The van der Waals surface area contributed by atoms with Crippen LogP contribution in [0.5, 0.6) is 0 Å². The Labute approximate surface area is 160 Å². The molecule has 0 aliphatic carbocycles. The Hall–Kier alpha value is -1.44. The molecule has 1 fully saturated rings. The van der Waals surface area contributed by atoms with Gasteiger partial charge in [0.15, 0.2) is 0 Å². The van der Waals surface area contributed by atoms with Gasteiger partial charge in [0.1, 0.15) is 0 Å². The van der Waals surface area contributed by atoms with Gasteiger partial charge in [-0.05, 0) is 30.7 Å². The molecule has 7 heteroatoms. The van der Waals surface area contributed by atoms with Gasteiger partial charge in [-0.25, -0.2) is 13.1 Å². The van der Waals surface area contributed by atoms with E-state index >= 15 is 0 Å². The third-order valence-corrected chi connectivity index (χ3v) is 6.29. The first kappa shape index (κ1) is 19.3. The summed E-state index contributed by atoms with van der Waals surface area (Å²) in [6.07, 6.45) is 0. The standard InChI is InChI=1S/C19H23ClN2O3S/c1-15(21-26(23,24)18-9-5-8-17(20)14-18)19(16-6-3-2-4-7-16)22-10-12-25-13-11-22/h2-9,14-15,19,21H,10-13H2,1H3/t15-,19-/m0/s1. The van der Waals surface area contributed by atoms with Crippen molar-refractivity contribution in [1.29, 1.82) is 0 Å². The number of hydrogen-bond donors (Lipinski definition) is 1. The van der Waals surface area contributed by atoms with E-state index < -0.39 is 10.0 Å². The lowest BCUT2D eigenvalue weighted by Gasteiger charge is -2.38. The van der Waals surface area contributed by atoms with Crippen molar-refractivity contribution in [2.24, 2.45) is 0 Å². The van der Waals surface area contributed by atoms with Gasteiger partial charge in [-0.2, -0.15) is 0 Å². The first-order valence-electron chi connectivity index (χ1n) is 8.62. The molecule has 2 aromatic rings. The average molecular weight is 395 g/mol. The highest BCUT2D eigenvalue weighted by molar-refractivity contribution is 7.89. The summed E-state index contributed by atoms with van der Waals surface area (Å²) in [5.74, 6) is 0. The molecule has 0 unspecified atom stereocenters. The molecule has 0 spiro atoms. The molecule has 0 aromatic heterocycles. The Kier molecular flexibility index (Phi) is 6.32. The Morgan fingerprint density at radius 2 is 1.77 bits per heavy atom. The number of rotatable bonds is 6. The third kappa shape index (κ3) is 4.64. The van der Waals surface area contributed by atoms with Crippen molar-refractivity contribution in [2.45, 2.75) is 23.9 Å². The van der Waals surface area contributed by atoms with Crippen LogP contribution in [-0.2, 0) is 14.8 Å². The molecule has 1 aliphatic rings. The lowest BCUT2D eigenvalue weighted by molar-refractivity contribution is 0.0105. The zero-order chi connectivity index (χ0) is 18.6. The summed E-state index contributed by atoms with van der Waals surface area (Å²) >= 11 is 5.95. The molecule has 2 atom stereocenters. The van der Waals surface area contributed by atoms with Gasteiger partial charge in [0.25, 0.3) is 0 Å². The fourth-order valence-corrected chi connectivity index (χ4v) is 4.88. The number of benzene rings is 2. The molecule has 140 valence electrons. The minimum Gasteiger partial charge on any atom is -0.379 e. The van der Waals surface area contributed by atoms with E-state index in [0.29, 0.717) is 18.2 Å². The second-order valence-electron chi connectivity index (χ2n) is 6.37. The van der Waals surface area contributed by atoms with Crippen molar-refractivity contribution >= 4 is 21.6 Å². The third-order valence-electron chi connectivity index (χ3n) is 4.50. The average Bonchev–Trinajstić information content (AvgIpc) is 2.63.